The van der Waals surface area contributed by atoms with Crippen LogP contribution in [0.1, 0.15) is 31.2 Å². The van der Waals surface area contributed by atoms with Crippen molar-refractivity contribution >= 4 is 23.4 Å². The van der Waals surface area contributed by atoms with E-state index >= 15 is 0 Å². The van der Waals surface area contributed by atoms with Gasteiger partial charge in [0.05, 0.1) is 30.8 Å². The fraction of sp³-hybridized carbons (Fsp3) is 0.571. The molecule has 184 valence electrons. The highest BCUT2D eigenvalue weighted by molar-refractivity contribution is 6.03. The van der Waals surface area contributed by atoms with Crippen LogP contribution in [0.2, 0.25) is 0 Å². The van der Waals surface area contributed by atoms with Gasteiger partial charge in [-0.1, -0.05) is 0 Å². The van der Waals surface area contributed by atoms with Crippen LogP contribution in [-0.4, -0.2) is 64.8 Å². The maximum atomic E-state index is 12.6. The SMILES string of the molecule is CO[C@H](C)[C@H]1C(=O)Nc2c(C)nc(N[C@H]3C[C@@H](COc4cnc(C(F)(F)F)cn4)C3)nc2N1C. The van der Waals surface area contributed by atoms with Crippen molar-refractivity contribution in [3.05, 3.63) is 23.8 Å². The van der Waals surface area contributed by atoms with Crippen LogP contribution < -0.4 is 20.3 Å². The van der Waals surface area contributed by atoms with E-state index in [-0.39, 0.29) is 29.9 Å². The number of likely N-dealkylation sites (N-methyl/N-ethyl adjacent to an activating group) is 1. The van der Waals surface area contributed by atoms with E-state index in [0.29, 0.717) is 36.0 Å². The molecule has 2 aliphatic rings. The first-order valence-electron chi connectivity index (χ1n) is 10.8. The Morgan fingerprint density at radius 3 is 2.62 bits per heavy atom. The number of aryl methyl sites for hydroxylation is 1. The molecule has 3 heterocycles. The van der Waals surface area contributed by atoms with E-state index in [1.807, 2.05) is 13.8 Å². The zero-order chi connectivity index (χ0) is 24.6. The zero-order valence-electron chi connectivity index (χ0n) is 19.2. The first-order chi connectivity index (χ1) is 16.1. The summed E-state index contributed by atoms with van der Waals surface area (Å²) in [6.07, 6.45) is -1.65. The predicted octanol–water partition coefficient (Wildman–Crippen LogP) is 2.66. The standard InChI is InChI=1S/C21H26F3N7O3/c1-10-16-18(31(3)17(11(2)33-4)19(32)29-16)30-20(27-10)28-13-5-12(6-13)9-34-15-8-25-14(7-26-15)21(22,23)24/h7-8,11-13,17H,5-6,9H2,1-4H3,(H,29,32)(H,27,28,30)/t11-,12-,13+,17+/m1/s1. The normalized spacial score (nSPS) is 23.0. The molecule has 2 atom stereocenters. The van der Waals surface area contributed by atoms with E-state index in [2.05, 4.69) is 30.6 Å². The lowest BCUT2D eigenvalue weighted by atomic mass is 9.81. The summed E-state index contributed by atoms with van der Waals surface area (Å²) >= 11 is 0. The minimum Gasteiger partial charge on any atom is -0.476 e. The monoisotopic (exact) mass is 481 g/mol. The van der Waals surface area contributed by atoms with Crippen LogP contribution in [0, 0.1) is 12.8 Å². The fourth-order valence-corrected chi connectivity index (χ4v) is 4.10. The molecule has 0 bridgehead atoms. The van der Waals surface area contributed by atoms with E-state index in [0.717, 1.165) is 19.0 Å². The van der Waals surface area contributed by atoms with E-state index in [4.69, 9.17) is 9.47 Å². The predicted molar refractivity (Wildman–Crippen MR) is 117 cm³/mol. The number of nitrogens with zero attached hydrogens (tertiary/aromatic N) is 5. The minimum absolute atomic E-state index is 0.0583. The largest absolute Gasteiger partial charge is 0.476 e. The molecular formula is C21H26F3N7O3. The van der Waals surface area contributed by atoms with Crippen molar-refractivity contribution in [2.24, 2.45) is 5.92 Å². The van der Waals surface area contributed by atoms with Crippen LogP contribution in [0.3, 0.4) is 0 Å². The summed E-state index contributed by atoms with van der Waals surface area (Å²) in [5, 5.41) is 6.19. The van der Waals surface area contributed by atoms with E-state index < -0.39 is 17.9 Å². The second-order valence-corrected chi connectivity index (χ2v) is 8.54. The highest BCUT2D eigenvalue weighted by Crippen LogP contribution is 2.35. The molecule has 0 saturated heterocycles. The van der Waals surface area contributed by atoms with Gasteiger partial charge in [-0.15, -0.1) is 0 Å². The lowest BCUT2D eigenvalue weighted by molar-refractivity contribution is -0.141. The molecule has 1 fully saturated rings. The van der Waals surface area contributed by atoms with Gasteiger partial charge < -0.3 is 25.0 Å². The van der Waals surface area contributed by atoms with Crippen LogP contribution in [0.4, 0.5) is 30.6 Å². The number of carbonyl (C=O) groups excluding carboxylic acids is 1. The van der Waals surface area contributed by atoms with E-state index in [1.165, 1.54) is 0 Å². The number of aromatic nitrogens is 4. The molecule has 2 aromatic heterocycles. The summed E-state index contributed by atoms with van der Waals surface area (Å²) in [6.45, 7) is 3.96. The molecule has 2 aromatic rings. The maximum Gasteiger partial charge on any atom is 0.434 e. The summed E-state index contributed by atoms with van der Waals surface area (Å²) in [5.41, 5.74) is 0.174. The quantitative estimate of drug-likeness (QED) is 0.616. The van der Waals surface area contributed by atoms with Gasteiger partial charge in [0.1, 0.15) is 11.7 Å². The second kappa shape index (κ2) is 9.20. The van der Waals surface area contributed by atoms with Crippen molar-refractivity contribution in [1.82, 2.24) is 19.9 Å². The third kappa shape index (κ3) is 4.83. The van der Waals surface area contributed by atoms with Crippen molar-refractivity contribution in [3.63, 3.8) is 0 Å². The molecule has 10 nitrogen and oxygen atoms in total. The molecule has 1 aliphatic carbocycles. The summed E-state index contributed by atoms with van der Waals surface area (Å²) in [5.74, 6) is 1.18. The summed E-state index contributed by atoms with van der Waals surface area (Å²) in [4.78, 5) is 30.4. The van der Waals surface area contributed by atoms with Gasteiger partial charge in [-0.25, -0.2) is 15.0 Å². The van der Waals surface area contributed by atoms with Crippen molar-refractivity contribution in [1.29, 1.82) is 0 Å². The van der Waals surface area contributed by atoms with Crippen LogP contribution in [-0.2, 0) is 15.7 Å². The molecule has 1 saturated carbocycles. The highest BCUT2D eigenvalue weighted by Gasteiger charge is 2.38. The number of halogens is 3. The van der Waals surface area contributed by atoms with E-state index in [9.17, 15) is 18.0 Å². The molecule has 0 radical (unpaired) electrons. The lowest BCUT2D eigenvalue weighted by Crippen LogP contribution is -2.53. The van der Waals surface area contributed by atoms with Crippen molar-refractivity contribution in [3.8, 4) is 5.88 Å². The van der Waals surface area contributed by atoms with Crippen molar-refractivity contribution < 1.29 is 27.4 Å². The number of nitrogens with one attached hydrogen (secondary N) is 2. The van der Waals surface area contributed by atoms with Gasteiger partial charge in [0.25, 0.3) is 0 Å². The van der Waals surface area contributed by atoms with Gasteiger partial charge in [0.15, 0.2) is 11.5 Å². The number of anilines is 3. The Hall–Kier alpha value is -3.22. The molecule has 0 unspecified atom stereocenters. The number of ether oxygens (including phenoxy) is 2. The number of hydrogen-bond acceptors (Lipinski definition) is 9. The number of fused-ring (bicyclic) bond motifs is 1. The average Bonchev–Trinajstić information content (AvgIpc) is 2.75. The topological polar surface area (TPSA) is 114 Å². The van der Waals surface area contributed by atoms with Crippen LogP contribution in [0.25, 0.3) is 0 Å². The molecule has 0 spiro atoms. The zero-order valence-corrected chi connectivity index (χ0v) is 19.2. The van der Waals surface area contributed by atoms with Crippen molar-refractivity contribution in [2.75, 3.05) is 36.3 Å². The van der Waals surface area contributed by atoms with Gasteiger partial charge in [-0.3, -0.25) is 4.79 Å². The van der Waals surface area contributed by atoms with Crippen LogP contribution >= 0.6 is 0 Å². The molecule has 0 aromatic carbocycles. The molecule has 34 heavy (non-hydrogen) atoms. The summed E-state index contributed by atoms with van der Waals surface area (Å²) in [7, 11) is 3.36. The van der Waals surface area contributed by atoms with Crippen LogP contribution in [0.5, 0.6) is 5.88 Å². The van der Waals surface area contributed by atoms with Gasteiger partial charge in [0, 0.05) is 20.2 Å². The number of amides is 1. The average molecular weight is 481 g/mol. The number of methoxy groups -OCH3 is 1. The first kappa shape index (κ1) is 23.9. The Kier molecular flexibility index (Phi) is 6.47. The number of carbonyl (C=O) groups is 1. The lowest BCUT2D eigenvalue weighted by Gasteiger charge is -2.38. The van der Waals surface area contributed by atoms with Gasteiger partial charge in [-0.2, -0.15) is 18.2 Å². The van der Waals surface area contributed by atoms with Crippen molar-refractivity contribution in [2.45, 2.75) is 51.1 Å². The fourth-order valence-electron chi connectivity index (χ4n) is 4.10. The van der Waals surface area contributed by atoms with Gasteiger partial charge in [-0.05, 0) is 32.6 Å². The van der Waals surface area contributed by atoms with Gasteiger partial charge in [0.2, 0.25) is 17.7 Å². The Morgan fingerprint density at radius 1 is 1.26 bits per heavy atom. The molecule has 13 heteroatoms. The summed E-state index contributed by atoms with van der Waals surface area (Å²) < 4.78 is 48.5. The number of hydrogen-bond donors (Lipinski definition) is 2. The summed E-state index contributed by atoms with van der Waals surface area (Å²) in [6, 6.07) is -0.389. The Morgan fingerprint density at radius 2 is 2.00 bits per heavy atom. The highest BCUT2D eigenvalue weighted by atomic mass is 19.4. The third-order valence-corrected chi connectivity index (χ3v) is 6.11. The number of rotatable bonds is 7. The van der Waals surface area contributed by atoms with Crippen LogP contribution in [0.15, 0.2) is 12.4 Å². The minimum atomic E-state index is -4.53. The van der Waals surface area contributed by atoms with Gasteiger partial charge >= 0.3 is 6.18 Å². The molecule has 2 N–H and O–H groups in total. The Bertz CT molecular complexity index is 1050. The Labute approximate surface area is 194 Å². The second-order valence-electron chi connectivity index (χ2n) is 8.54. The number of alkyl halides is 3. The first-order valence-corrected chi connectivity index (χ1v) is 10.8. The Balaban J connectivity index is 1.32. The molecule has 4 rings (SSSR count). The maximum absolute atomic E-state index is 12.6. The van der Waals surface area contributed by atoms with E-state index in [1.54, 1.807) is 19.1 Å². The smallest absolute Gasteiger partial charge is 0.434 e. The third-order valence-electron chi connectivity index (χ3n) is 6.11. The molecular weight excluding hydrogens is 455 g/mol. The molecule has 1 amide bonds. The molecule has 1 aliphatic heterocycles.